The molecule has 0 aromatic heterocycles. The molecule has 21 heavy (non-hydrogen) atoms. The van der Waals surface area contributed by atoms with E-state index >= 15 is 0 Å². The van der Waals surface area contributed by atoms with Crippen LogP contribution in [0, 0.1) is 5.92 Å². The van der Waals surface area contributed by atoms with Gasteiger partial charge in [-0.15, -0.1) is 23.2 Å². The van der Waals surface area contributed by atoms with Crippen molar-refractivity contribution in [1.82, 2.24) is 5.32 Å². The minimum Gasteiger partial charge on any atom is -0.352 e. The Kier molecular flexibility index (Phi) is 5.12. The fourth-order valence-corrected chi connectivity index (χ4v) is 2.53. The highest BCUT2D eigenvalue weighted by molar-refractivity contribution is 6.52. The molecule has 6 heteroatoms. The number of benzene rings is 1. The quantitative estimate of drug-likeness (QED) is 0.787. The van der Waals surface area contributed by atoms with Crippen molar-refractivity contribution in [3.63, 3.8) is 0 Å². The van der Waals surface area contributed by atoms with Gasteiger partial charge >= 0.3 is 0 Å². The van der Waals surface area contributed by atoms with Crippen molar-refractivity contribution in [3.05, 3.63) is 29.8 Å². The monoisotopic (exact) mass is 328 g/mol. The minimum atomic E-state index is -0.903. The zero-order valence-electron chi connectivity index (χ0n) is 11.8. The van der Waals surface area contributed by atoms with Gasteiger partial charge in [0.1, 0.15) is 4.33 Å². The maximum Gasteiger partial charge on any atom is 0.226 e. The summed E-state index contributed by atoms with van der Waals surface area (Å²) in [7, 11) is 0. The van der Waals surface area contributed by atoms with Crippen molar-refractivity contribution in [1.29, 1.82) is 0 Å². The van der Waals surface area contributed by atoms with Crippen molar-refractivity contribution in [2.45, 2.75) is 37.1 Å². The van der Waals surface area contributed by atoms with E-state index in [1.807, 2.05) is 31.2 Å². The van der Waals surface area contributed by atoms with E-state index in [0.717, 1.165) is 17.7 Å². The van der Waals surface area contributed by atoms with Gasteiger partial charge in [0.05, 0.1) is 5.92 Å². The highest BCUT2D eigenvalue weighted by Crippen LogP contribution is 2.53. The van der Waals surface area contributed by atoms with E-state index < -0.39 is 4.33 Å². The number of amides is 2. The SMILES string of the molecule is CCCC(=O)Nc1cccc(CNC(=O)C2CC2(Cl)Cl)c1. The molecule has 1 aliphatic carbocycles. The Morgan fingerprint density at radius 1 is 1.38 bits per heavy atom. The zero-order valence-corrected chi connectivity index (χ0v) is 13.3. The molecule has 1 unspecified atom stereocenters. The molecule has 0 saturated heterocycles. The summed E-state index contributed by atoms with van der Waals surface area (Å²) in [5.74, 6) is -0.473. The number of halogens is 2. The lowest BCUT2D eigenvalue weighted by atomic mass is 10.2. The number of alkyl halides is 2. The van der Waals surface area contributed by atoms with E-state index in [0.29, 0.717) is 19.4 Å². The molecule has 1 aromatic carbocycles. The van der Waals surface area contributed by atoms with Crippen LogP contribution in [0.3, 0.4) is 0 Å². The highest BCUT2D eigenvalue weighted by Gasteiger charge is 2.56. The molecule has 2 rings (SSSR count). The van der Waals surface area contributed by atoms with Crippen LogP contribution >= 0.6 is 23.2 Å². The maximum atomic E-state index is 11.8. The first kappa shape index (κ1) is 16.1. The van der Waals surface area contributed by atoms with Crippen molar-refractivity contribution in [2.24, 2.45) is 5.92 Å². The minimum absolute atomic E-state index is 0.00858. The summed E-state index contributed by atoms with van der Waals surface area (Å²) in [6.07, 6.45) is 1.80. The van der Waals surface area contributed by atoms with Crippen molar-refractivity contribution >= 4 is 40.7 Å². The van der Waals surface area contributed by atoms with E-state index in [9.17, 15) is 9.59 Å². The number of nitrogens with one attached hydrogen (secondary N) is 2. The molecule has 2 N–H and O–H groups in total. The lowest BCUT2D eigenvalue weighted by molar-refractivity contribution is -0.122. The summed E-state index contributed by atoms with van der Waals surface area (Å²) in [6, 6.07) is 7.39. The zero-order chi connectivity index (χ0) is 15.5. The first-order valence-electron chi connectivity index (χ1n) is 6.96. The predicted octanol–water partition coefficient (Wildman–Crippen LogP) is 3.24. The molecule has 0 aliphatic heterocycles. The van der Waals surface area contributed by atoms with Crippen LogP contribution in [0.25, 0.3) is 0 Å². The smallest absolute Gasteiger partial charge is 0.226 e. The van der Waals surface area contributed by atoms with Gasteiger partial charge in [-0.1, -0.05) is 19.1 Å². The Hall–Kier alpha value is -1.26. The number of anilines is 1. The average Bonchev–Trinajstić information content (AvgIpc) is 3.06. The van der Waals surface area contributed by atoms with Crippen molar-refractivity contribution in [2.75, 3.05) is 5.32 Å². The molecule has 0 spiro atoms. The first-order chi connectivity index (χ1) is 9.92. The predicted molar refractivity (Wildman–Crippen MR) is 84.4 cm³/mol. The molecular weight excluding hydrogens is 311 g/mol. The lowest BCUT2D eigenvalue weighted by Gasteiger charge is -2.08. The van der Waals surface area contributed by atoms with Crippen LogP contribution in [0.4, 0.5) is 5.69 Å². The van der Waals surface area contributed by atoms with Crippen LogP contribution in [-0.4, -0.2) is 16.1 Å². The third-order valence-corrected chi connectivity index (χ3v) is 4.13. The summed E-state index contributed by atoms with van der Waals surface area (Å²) < 4.78 is -0.903. The molecule has 1 saturated carbocycles. The summed E-state index contributed by atoms with van der Waals surface area (Å²) in [5, 5.41) is 5.63. The number of carbonyl (C=O) groups is 2. The average molecular weight is 329 g/mol. The Bertz CT molecular complexity index is 546. The molecule has 0 heterocycles. The second-order valence-corrected chi connectivity index (χ2v) is 6.78. The van der Waals surface area contributed by atoms with Gasteiger partial charge in [-0.25, -0.2) is 0 Å². The van der Waals surface area contributed by atoms with Gasteiger partial charge < -0.3 is 10.6 Å². The van der Waals surface area contributed by atoms with Gasteiger partial charge in [0.2, 0.25) is 11.8 Å². The largest absolute Gasteiger partial charge is 0.352 e. The highest BCUT2D eigenvalue weighted by atomic mass is 35.5. The van der Waals surface area contributed by atoms with E-state index in [2.05, 4.69) is 10.6 Å². The van der Waals surface area contributed by atoms with Crippen LogP contribution in [-0.2, 0) is 16.1 Å². The molecule has 114 valence electrons. The van der Waals surface area contributed by atoms with Crippen LogP contribution in [0.2, 0.25) is 0 Å². The third kappa shape index (κ3) is 4.61. The summed E-state index contributed by atoms with van der Waals surface area (Å²) in [4.78, 5) is 23.3. The Balaban J connectivity index is 1.86. The summed E-state index contributed by atoms with van der Waals surface area (Å²) in [6.45, 7) is 2.34. The molecule has 1 fully saturated rings. The van der Waals surface area contributed by atoms with E-state index in [1.54, 1.807) is 0 Å². The van der Waals surface area contributed by atoms with Crippen molar-refractivity contribution in [3.8, 4) is 0 Å². The second-order valence-electron chi connectivity index (χ2n) is 5.23. The Morgan fingerprint density at radius 2 is 2.10 bits per heavy atom. The molecule has 2 amide bonds. The van der Waals surface area contributed by atoms with Gasteiger partial charge in [0.15, 0.2) is 0 Å². The Labute approximate surface area is 134 Å². The summed E-state index contributed by atoms with van der Waals surface area (Å²) >= 11 is 11.7. The maximum absolute atomic E-state index is 11.8. The topological polar surface area (TPSA) is 58.2 Å². The van der Waals surface area contributed by atoms with E-state index in [1.165, 1.54) is 0 Å². The van der Waals surface area contributed by atoms with Crippen molar-refractivity contribution < 1.29 is 9.59 Å². The molecule has 0 radical (unpaired) electrons. The van der Waals surface area contributed by atoms with E-state index in [4.69, 9.17) is 23.2 Å². The van der Waals surface area contributed by atoms with Crippen LogP contribution in [0.15, 0.2) is 24.3 Å². The standard InChI is InChI=1S/C15H18Cl2N2O2/c1-2-4-13(20)19-11-6-3-5-10(7-11)9-18-14(21)12-8-15(12,16)17/h3,5-7,12H,2,4,8-9H2,1H3,(H,18,21)(H,19,20). The fourth-order valence-electron chi connectivity index (χ4n) is 2.02. The number of hydrogen-bond acceptors (Lipinski definition) is 2. The lowest BCUT2D eigenvalue weighted by Crippen LogP contribution is -2.26. The molecular formula is C15H18Cl2N2O2. The second kappa shape index (κ2) is 6.67. The van der Waals surface area contributed by atoms with Crippen LogP contribution in [0.1, 0.15) is 31.7 Å². The number of carbonyl (C=O) groups excluding carboxylic acids is 2. The van der Waals surface area contributed by atoms with Gasteiger partial charge in [-0.05, 0) is 30.5 Å². The molecule has 4 nitrogen and oxygen atoms in total. The fraction of sp³-hybridized carbons (Fsp3) is 0.467. The first-order valence-corrected chi connectivity index (χ1v) is 7.72. The number of rotatable bonds is 6. The summed E-state index contributed by atoms with van der Waals surface area (Å²) in [5.41, 5.74) is 1.64. The van der Waals surface area contributed by atoms with Gasteiger partial charge in [-0.2, -0.15) is 0 Å². The number of hydrogen-bond donors (Lipinski definition) is 2. The Morgan fingerprint density at radius 3 is 2.71 bits per heavy atom. The van der Waals surface area contributed by atoms with Crippen LogP contribution < -0.4 is 10.6 Å². The molecule has 0 bridgehead atoms. The molecule has 1 aromatic rings. The normalized spacial score (nSPS) is 18.9. The van der Waals surface area contributed by atoms with Gasteiger partial charge in [0, 0.05) is 18.7 Å². The van der Waals surface area contributed by atoms with Gasteiger partial charge in [0.25, 0.3) is 0 Å². The van der Waals surface area contributed by atoms with Crippen LogP contribution in [0.5, 0.6) is 0 Å². The third-order valence-electron chi connectivity index (χ3n) is 3.30. The van der Waals surface area contributed by atoms with E-state index in [-0.39, 0.29) is 17.7 Å². The molecule has 1 aliphatic rings. The molecule has 1 atom stereocenters. The van der Waals surface area contributed by atoms with Gasteiger partial charge in [-0.3, -0.25) is 9.59 Å².